The summed E-state index contributed by atoms with van der Waals surface area (Å²) in [5.74, 6) is -2.66. The first kappa shape index (κ1) is 34.2. The highest BCUT2D eigenvalue weighted by Gasteiger charge is 2.38. The lowest BCUT2D eigenvalue weighted by atomic mass is 10.1. The molecule has 48 heavy (non-hydrogen) atoms. The van der Waals surface area contributed by atoms with Crippen molar-refractivity contribution < 1.29 is 27.9 Å². The van der Waals surface area contributed by atoms with Gasteiger partial charge in [0.05, 0.1) is 18.1 Å². The first-order valence-corrected chi connectivity index (χ1v) is 15.4. The van der Waals surface area contributed by atoms with Gasteiger partial charge in [0, 0.05) is 45.3 Å². The number of carbonyl (C=O) groups excluding carboxylic acids is 1. The third-order valence-electron chi connectivity index (χ3n) is 8.26. The van der Waals surface area contributed by atoms with E-state index in [1.807, 2.05) is 25.2 Å². The molecule has 6 rings (SSSR count). The van der Waals surface area contributed by atoms with Crippen LogP contribution >= 0.6 is 0 Å². The van der Waals surface area contributed by atoms with E-state index in [9.17, 15) is 23.2 Å². The maximum atomic E-state index is 14.0. The van der Waals surface area contributed by atoms with Crippen molar-refractivity contribution >= 4 is 28.9 Å². The third kappa shape index (κ3) is 8.22. The summed E-state index contributed by atoms with van der Waals surface area (Å²) in [5, 5.41) is 18.2. The van der Waals surface area contributed by atoms with Gasteiger partial charge in [0.1, 0.15) is 11.8 Å². The predicted molar refractivity (Wildman–Crippen MR) is 169 cm³/mol. The van der Waals surface area contributed by atoms with Gasteiger partial charge < -0.3 is 14.6 Å². The second-order valence-electron chi connectivity index (χ2n) is 11.7. The Hall–Kier alpha value is -5.14. The fraction of sp³-hybridized carbons (Fsp3) is 0.406. The van der Waals surface area contributed by atoms with E-state index in [4.69, 9.17) is 14.9 Å². The Bertz CT molecular complexity index is 1790. The van der Waals surface area contributed by atoms with Gasteiger partial charge >= 0.3 is 12.1 Å². The molecule has 1 aliphatic heterocycles. The molecule has 2 fully saturated rings. The van der Waals surface area contributed by atoms with Crippen molar-refractivity contribution in [2.75, 3.05) is 38.7 Å². The van der Waals surface area contributed by atoms with Crippen LogP contribution in [0.5, 0.6) is 0 Å². The van der Waals surface area contributed by atoms with Gasteiger partial charge in [-0.05, 0) is 37.6 Å². The highest BCUT2D eigenvalue weighted by atomic mass is 19.4. The van der Waals surface area contributed by atoms with Gasteiger partial charge in [-0.25, -0.2) is 19.8 Å². The Balaban J connectivity index is 0.000000582. The minimum Gasteiger partial charge on any atom is -0.475 e. The molecule has 2 aliphatic rings. The number of aryl methyl sites for hydroxylation is 1. The lowest BCUT2D eigenvalue weighted by Crippen LogP contribution is -2.44. The van der Waals surface area contributed by atoms with Gasteiger partial charge in [-0.15, -0.1) is 0 Å². The molecule has 1 amide bonds. The van der Waals surface area contributed by atoms with Gasteiger partial charge in [-0.2, -0.15) is 28.4 Å². The summed E-state index contributed by atoms with van der Waals surface area (Å²) >= 11 is 0. The van der Waals surface area contributed by atoms with Crippen molar-refractivity contribution in [1.29, 1.82) is 5.26 Å². The number of nitrogens with one attached hydrogen (secondary N) is 1. The van der Waals surface area contributed by atoms with E-state index >= 15 is 0 Å². The maximum absolute atomic E-state index is 14.0. The lowest BCUT2D eigenvalue weighted by molar-refractivity contribution is -0.192. The number of halogens is 3. The van der Waals surface area contributed by atoms with E-state index in [-0.39, 0.29) is 17.8 Å². The second-order valence-corrected chi connectivity index (χ2v) is 11.7. The molecule has 2 N–H and O–H groups in total. The number of nitrogens with zero attached hydrogens (tertiary/aromatic N) is 9. The number of likely N-dealkylation sites (N-methyl/N-ethyl adjacent to an activating group) is 1. The Morgan fingerprint density at radius 2 is 1.69 bits per heavy atom. The van der Waals surface area contributed by atoms with Crippen molar-refractivity contribution in [2.45, 2.75) is 44.4 Å². The number of hydrogen-bond acceptors (Lipinski definition) is 10. The van der Waals surface area contributed by atoms with E-state index in [1.54, 1.807) is 22.0 Å². The van der Waals surface area contributed by atoms with Gasteiger partial charge in [0.2, 0.25) is 5.82 Å². The third-order valence-corrected chi connectivity index (χ3v) is 8.26. The van der Waals surface area contributed by atoms with E-state index in [2.05, 4.69) is 61.5 Å². The molecule has 0 bridgehead atoms. The van der Waals surface area contributed by atoms with Crippen LogP contribution < -0.4 is 5.43 Å². The van der Waals surface area contributed by atoms with Crippen molar-refractivity contribution in [3.05, 3.63) is 65.9 Å². The number of alkyl halides is 3. The van der Waals surface area contributed by atoms with Crippen molar-refractivity contribution in [3.8, 4) is 17.3 Å². The summed E-state index contributed by atoms with van der Waals surface area (Å²) in [6.45, 7) is 5.28. The minimum atomic E-state index is -5.08. The molecule has 252 valence electrons. The summed E-state index contributed by atoms with van der Waals surface area (Å²) in [5.41, 5.74) is 7.56. The van der Waals surface area contributed by atoms with Crippen LogP contribution in [-0.4, -0.2) is 102 Å². The number of aromatic nitrogens is 5. The number of benzene rings is 1. The molecule has 13 nitrogen and oxygen atoms in total. The number of carboxylic acids is 1. The van der Waals surface area contributed by atoms with Crippen LogP contribution in [0.25, 0.3) is 22.4 Å². The fourth-order valence-electron chi connectivity index (χ4n) is 5.60. The molecule has 0 spiro atoms. The summed E-state index contributed by atoms with van der Waals surface area (Å²) < 4.78 is 33.5. The highest BCUT2D eigenvalue weighted by Crippen LogP contribution is 2.28. The minimum absolute atomic E-state index is 0.0126. The zero-order valence-corrected chi connectivity index (χ0v) is 26.5. The summed E-state index contributed by atoms with van der Waals surface area (Å²) in [7, 11) is 3.97. The second kappa shape index (κ2) is 14.7. The maximum Gasteiger partial charge on any atom is 0.490 e. The van der Waals surface area contributed by atoms with Gasteiger partial charge in [-0.3, -0.25) is 15.1 Å². The predicted octanol–water partition coefficient (Wildman–Crippen LogP) is 4.09. The molecule has 4 aromatic rings. The Morgan fingerprint density at radius 1 is 1.02 bits per heavy atom. The number of aliphatic carboxylic acids is 1. The number of nitriles is 1. The summed E-state index contributed by atoms with van der Waals surface area (Å²) in [4.78, 5) is 45.5. The molecule has 16 heteroatoms. The van der Waals surface area contributed by atoms with Crippen molar-refractivity contribution in [3.63, 3.8) is 0 Å². The van der Waals surface area contributed by atoms with E-state index in [1.165, 1.54) is 5.56 Å². The van der Waals surface area contributed by atoms with Crippen LogP contribution in [0.3, 0.4) is 0 Å². The number of carboxylic acid groups (broad SMARTS) is 1. The van der Waals surface area contributed by atoms with E-state index in [0.717, 1.165) is 69.7 Å². The highest BCUT2D eigenvalue weighted by molar-refractivity contribution is 5.95. The van der Waals surface area contributed by atoms with Gasteiger partial charge in [0.25, 0.3) is 5.91 Å². The molecule has 0 unspecified atom stereocenters. The van der Waals surface area contributed by atoms with Crippen LogP contribution in [-0.2, 0) is 18.4 Å². The molecule has 1 saturated heterocycles. The molecule has 4 heterocycles. The summed E-state index contributed by atoms with van der Waals surface area (Å²) in [6, 6.07) is 16.0. The molecule has 1 aliphatic carbocycles. The zero-order chi connectivity index (χ0) is 34.4. The molecular formula is C32H35F3N10O3. The largest absolute Gasteiger partial charge is 0.490 e. The molecule has 1 aromatic carbocycles. The van der Waals surface area contributed by atoms with Crippen molar-refractivity contribution in [1.82, 2.24) is 39.3 Å². The van der Waals surface area contributed by atoms with Crippen LogP contribution in [0.4, 0.5) is 19.0 Å². The van der Waals surface area contributed by atoms with Crippen LogP contribution in [0.15, 0.2) is 48.8 Å². The summed E-state index contributed by atoms with van der Waals surface area (Å²) in [6.07, 6.45) is 0.352. The molecule has 1 saturated carbocycles. The number of hydrazine groups is 1. The number of amides is 1. The molecule has 0 radical (unpaired) electrons. The lowest BCUT2D eigenvalue weighted by Gasteiger charge is -2.32. The number of imidazole rings is 1. The van der Waals surface area contributed by atoms with Gasteiger partial charge in [0.15, 0.2) is 17.0 Å². The number of piperazine rings is 1. The fourth-order valence-corrected chi connectivity index (χ4v) is 5.60. The Kier molecular flexibility index (Phi) is 10.5. The van der Waals surface area contributed by atoms with Gasteiger partial charge in [-0.1, -0.05) is 43.2 Å². The smallest absolute Gasteiger partial charge is 0.475 e. The Labute approximate surface area is 274 Å². The van der Waals surface area contributed by atoms with Crippen molar-refractivity contribution in [2.24, 2.45) is 7.05 Å². The molecular weight excluding hydrogens is 629 g/mol. The van der Waals surface area contributed by atoms with E-state index < -0.39 is 12.1 Å². The number of carbonyl (C=O) groups is 2. The average Bonchev–Trinajstić information content (AvgIpc) is 3.75. The van der Waals surface area contributed by atoms with E-state index in [0.29, 0.717) is 22.7 Å². The topological polar surface area (TPSA) is 156 Å². The van der Waals surface area contributed by atoms with Crippen LogP contribution in [0.1, 0.15) is 47.6 Å². The molecule has 0 atom stereocenters. The Morgan fingerprint density at radius 3 is 2.31 bits per heavy atom. The number of rotatable bonds is 7. The normalized spacial score (nSPS) is 15.8. The first-order valence-electron chi connectivity index (χ1n) is 15.4. The number of pyridine rings is 1. The number of anilines is 1. The van der Waals surface area contributed by atoms with Crippen LogP contribution in [0, 0.1) is 11.3 Å². The SMILES string of the molecule is CN1CCN(Cc2ccc(-c3cccc(C(=O)N(Nc4nc(C#N)nc5c4ncn5C)C4CCCC4)n3)cc2)CC1.O=C(O)C(F)(F)F. The standard InChI is InChI=1S/C30H34N10O.C2HF3O2/c1-37-14-16-39(17-15-37)19-21-10-12-22(13-11-21)24-8-5-9-25(33-24)30(41)40(23-6-3-4-7-23)36-28-27-29(38(2)20-32-27)35-26(18-31)34-28;3-2(4,5)1(6)7/h5,8-13,20,23H,3-4,6-7,14-17,19H2,1-2H3,(H,34,35,36);(H,6,7). The molecule has 3 aromatic heterocycles. The number of fused-ring (bicyclic) bond motifs is 1. The number of hydrogen-bond donors (Lipinski definition) is 2. The monoisotopic (exact) mass is 664 g/mol. The zero-order valence-electron chi connectivity index (χ0n) is 26.5. The van der Waals surface area contributed by atoms with Crippen LogP contribution in [0.2, 0.25) is 0 Å². The average molecular weight is 665 g/mol. The first-order chi connectivity index (χ1) is 22.9. The quantitative estimate of drug-likeness (QED) is 0.275.